The van der Waals surface area contributed by atoms with Crippen LogP contribution in [0.3, 0.4) is 0 Å². The minimum atomic E-state index is -0.296. The van der Waals surface area contributed by atoms with Crippen LogP contribution in [0.5, 0.6) is 0 Å². The average molecular weight is 506 g/mol. The third kappa shape index (κ3) is 7.23. The lowest BCUT2D eigenvalue weighted by atomic mass is 9.96. The van der Waals surface area contributed by atoms with Crippen LogP contribution < -0.4 is 5.32 Å². The van der Waals surface area contributed by atoms with Gasteiger partial charge in [0.2, 0.25) is 17.6 Å². The Labute approximate surface area is 218 Å². The number of nitrogens with one attached hydrogen (secondary N) is 1. The normalized spacial score (nSPS) is 18.0. The number of carbonyl (C=O) groups excluding carboxylic acids is 1. The number of piperidine rings is 1. The summed E-state index contributed by atoms with van der Waals surface area (Å²) >= 11 is 0. The maximum absolute atomic E-state index is 13.1. The van der Waals surface area contributed by atoms with Gasteiger partial charge in [-0.2, -0.15) is 4.98 Å². The Bertz CT molecular complexity index is 1130. The number of nitrogens with zero attached hydrogens (tertiary/aromatic N) is 4. The van der Waals surface area contributed by atoms with Gasteiger partial charge >= 0.3 is 0 Å². The Hall–Kier alpha value is -3.10. The fourth-order valence-corrected chi connectivity index (χ4v) is 5.23. The molecule has 8 heteroatoms. The van der Waals surface area contributed by atoms with Gasteiger partial charge in [0.05, 0.1) is 6.54 Å². The van der Waals surface area contributed by atoms with E-state index >= 15 is 0 Å². The number of hydrogen-bond donors (Lipinski definition) is 1. The predicted molar refractivity (Wildman–Crippen MR) is 140 cm³/mol. The van der Waals surface area contributed by atoms with Gasteiger partial charge in [-0.15, -0.1) is 0 Å². The number of amides is 1. The van der Waals surface area contributed by atoms with Crippen molar-refractivity contribution in [3.8, 4) is 11.4 Å². The standard InChI is InChI=1S/C29H36FN5O2/c30-26-11-9-24(10-12-26)28-32-27(37-33-28)21-35-17-13-25(14-18-35)29(36)31-19-22-5-7-23(8-6-22)20-34-15-3-1-2-4-16-34/h5-12,25H,1-4,13-21H2,(H,31,36). The SMILES string of the molecule is O=C(NCc1ccc(CN2CCCCCC2)cc1)C1CCN(Cc2nc(-c3ccc(F)cc3)no2)CC1. The molecule has 2 saturated heterocycles. The van der Waals surface area contributed by atoms with Crippen molar-refractivity contribution in [1.82, 2.24) is 25.3 Å². The van der Waals surface area contributed by atoms with Crippen LogP contribution >= 0.6 is 0 Å². The Kier molecular flexibility index (Phi) is 8.58. The molecule has 2 aromatic carbocycles. The summed E-state index contributed by atoms with van der Waals surface area (Å²) in [5.74, 6) is 0.845. The molecule has 2 fully saturated rings. The highest BCUT2D eigenvalue weighted by Gasteiger charge is 2.26. The van der Waals surface area contributed by atoms with Crippen molar-refractivity contribution in [2.24, 2.45) is 5.92 Å². The molecule has 0 radical (unpaired) electrons. The van der Waals surface area contributed by atoms with E-state index in [1.165, 1.54) is 56.5 Å². The number of carbonyl (C=O) groups is 1. The topological polar surface area (TPSA) is 74.5 Å². The average Bonchev–Trinajstić information content (AvgIpc) is 3.23. The van der Waals surface area contributed by atoms with Crippen molar-refractivity contribution in [2.45, 2.75) is 58.2 Å². The zero-order valence-electron chi connectivity index (χ0n) is 21.4. The van der Waals surface area contributed by atoms with Gasteiger partial charge in [-0.25, -0.2) is 4.39 Å². The van der Waals surface area contributed by atoms with Gasteiger partial charge in [0.25, 0.3) is 0 Å². The molecule has 2 aliphatic rings. The summed E-state index contributed by atoms with van der Waals surface area (Å²) in [6, 6.07) is 14.7. The largest absolute Gasteiger partial charge is 0.352 e. The second-order valence-electron chi connectivity index (χ2n) is 10.3. The Morgan fingerprint density at radius 1 is 0.865 bits per heavy atom. The zero-order chi connectivity index (χ0) is 25.5. The minimum Gasteiger partial charge on any atom is -0.352 e. The maximum atomic E-state index is 13.1. The lowest BCUT2D eigenvalue weighted by Crippen LogP contribution is -2.40. The second kappa shape index (κ2) is 12.4. The number of hydrogen-bond acceptors (Lipinski definition) is 6. The van der Waals surface area contributed by atoms with Crippen LogP contribution in [0.15, 0.2) is 53.1 Å². The Balaban J connectivity index is 1.03. The molecule has 3 heterocycles. The van der Waals surface area contributed by atoms with E-state index in [1.54, 1.807) is 12.1 Å². The zero-order valence-corrected chi connectivity index (χ0v) is 21.4. The highest BCUT2D eigenvalue weighted by atomic mass is 19.1. The molecule has 3 aromatic rings. The lowest BCUT2D eigenvalue weighted by molar-refractivity contribution is -0.126. The summed E-state index contributed by atoms with van der Waals surface area (Å²) in [7, 11) is 0. The van der Waals surface area contributed by atoms with Crippen LogP contribution in [-0.2, 0) is 24.4 Å². The van der Waals surface area contributed by atoms with Crippen molar-refractivity contribution in [1.29, 1.82) is 0 Å². The van der Waals surface area contributed by atoms with E-state index in [2.05, 4.69) is 49.5 Å². The van der Waals surface area contributed by atoms with E-state index in [-0.39, 0.29) is 17.6 Å². The summed E-state index contributed by atoms with van der Waals surface area (Å²) in [4.78, 5) is 22.0. The first-order valence-corrected chi connectivity index (χ1v) is 13.5. The molecule has 1 amide bonds. The number of rotatable bonds is 8. The van der Waals surface area contributed by atoms with Gasteiger partial charge in [-0.3, -0.25) is 14.6 Å². The highest BCUT2D eigenvalue weighted by Crippen LogP contribution is 2.21. The lowest BCUT2D eigenvalue weighted by Gasteiger charge is -2.30. The summed E-state index contributed by atoms with van der Waals surface area (Å²) in [6.45, 7) is 6.13. The molecule has 0 saturated carbocycles. The van der Waals surface area contributed by atoms with Crippen molar-refractivity contribution in [3.63, 3.8) is 0 Å². The van der Waals surface area contributed by atoms with E-state index in [0.29, 0.717) is 24.8 Å². The van der Waals surface area contributed by atoms with Crippen LogP contribution in [0.4, 0.5) is 4.39 Å². The molecular formula is C29H36FN5O2. The van der Waals surface area contributed by atoms with Crippen molar-refractivity contribution < 1.29 is 13.7 Å². The van der Waals surface area contributed by atoms with Crippen molar-refractivity contribution in [2.75, 3.05) is 26.2 Å². The fraction of sp³-hybridized carbons (Fsp3) is 0.483. The number of benzene rings is 2. The molecule has 0 atom stereocenters. The molecule has 0 aliphatic carbocycles. The van der Waals surface area contributed by atoms with Gasteiger partial charge < -0.3 is 9.84 Å². The van der Waals surface area contributed by atoms with Gasteiger partial charge in [0, 0.05) is 24.6 Å². The first-order valence-electron chi connectivity index (χ1n) is 13.5. The molecule has 196 valence electrons. The van der Waals surface area contributed by atoms with Crippen LogP contribution in [0.25, 0.3) is 11.4 Å². The van der Waals surface area contributed by atoms with Crippen molar-refractivity contribution in [3.05, 3.63) is 71.4 Å². The van der Waals surface area contributed by atoms with E-state index in [0.717, 1.165) is 43.6 Å². The summed E-state index contributed by atoms with van der Waals surface area (Å²) in [5.41, 5.74) is 3.20. The first kappa shape index (κ1) is 25.5. The van der Waals surface area contributed by atoms with E-state index < -0.39 is 0 Å². The third-order valence-electron chi connectivity index (χ3n) is 7.48. The number of halogens is 1. The molecule has 0 spiro atoms. The molecular weight excluding hydrogens is 469 g/mol. The molecule has 1 N–H and O–H groups in total. The first-order chi connectivity index (χ1) is 18.1. The van der Waals surface area contributed by atoms with Crippen LogP contribution in [-0.4, -0.2) is 52.0 Å². The number of likely N-dealkylation sites (tertiary alicyclic amines) is 2. The predicted octanol–water partition coefficient (Wildman–Crippen LogP) is 4.78. The summed E-state index contributed by atoms with van der Waals surface area (Å²) < 4.78 is 18.5. The quantitative estimate of drug-likeness (QED) is 0.475. The Morgan fingerprint density at radius 3 is 2.22 bits per heavy atom. The Morgan fingerprint density at radius 2 is 1.51 bits per heavy atom. The van der Waals surface area contributed by atoms with Crippen LogP contribution in [0.1, 0.15) is 55.5 Å². The number of aromatic nitrogens is 2. The molecule has 37 heavy (non-hydrogen) atoms. The third-order valence-corrected chi connectivity index (χ3v) is 7.48. The van der Waals surface area contributed by atoms with Crippen LogP contribution in [0, 0.1) is 11.7 Å². The van der Waals surface area contributed by atoms with Crippen molar-refractivity contribution >= 4 is 5.91 Å². The van der Waals surface area contributed by atoms with E-state index in [4.69, 9.17) is 4.52 Å². The highest BCUT2D eigenvalue weighted by molar-refractivity contribution is 5.78. The molecule has 5 rings (SSSR count). The minimum absolute atomic E-state index is 0.0241. The van der Waals surface area contributed by atoms with E-state index in [1.807, 2.05) is 0 Å². The summed E-state index contributed by atoms with van der Waals surface area (Å²) in [6.07, 6.45) is 6.93. The van der Waals surface area contributed by atoms with Gasteiger partial charge in [-0.05, 0) is 87.3 Å². The van der Waals surface area contributed by atoms with Gasteiger partial charge in [0.1, 0.15) is 5.82 Å². The molecule has 1 aromatic heterocycles. The van der Waals surface area contributed by atoms with Gasteiger partial charge in [-0.1, -0.05) is 42.3 Å². The monoisotopic (exact) mass is 505 g/mol. The molecule has 2 aliphatic heterocycles. The van der Waals surface area contributed by atoms with Gasteiger partial charge in [0.15, 0.2) is 0 Å². The maximum Gasteiger partial charge on any atom is 0.241 e. The van der Waals surface area contributed by atoms with E-state index in [9.17, 15) is 9.18 Å². The molecule has 0 unspecified atom stereocenters. The summed E-state index contributed by atoms with van der Waals surface area (Å²) in [5, 5.41) is 7.15. The molecule has 0 bridgehead atoms. The fourth-order valence-electron chi connectivity index (χ4n) is 5.23. The smallest absolute Gasteiger partial charge is 0.241 e. The van der Waals surface area contributed by atoms with Crippen LogP contribution in [0.2, 0.25) is 0 Å². The second-order valence-corrected chi connectivity index (χ2v) is 10.3. The molecule has 7 nitrogen and oxygen atoms in total.